The van der Waals surface area contributed by atoms with Crippen LogP contribution in [0.3, 0.4) is 0 Å². The van der Waals surface area contributed by atoms with Gasteiger partial charge >= 0.3 is 5.97 Å². The highest BCUT2D eigenvalue weighted by atomic mass is 32.2. The molecule has 0 saturated heterocycles. The molecule has 0 aliphatic rings. The smallest absolute Gasteiger partial charge is 0.351 e. The number of para-hydroxylation sites is 2. The molecule has 0 bridgehead atoms. The number of ether oxygens (including phenoxy) is 1. The summed E-state index contributed by atoms with van der Waals surface area (Å²) in [5.41, 5.74) is -0.227. The number of hydrogen-bond acceptors (Lipinski definition) is 7. The fourth-order valence-electron chi connectivity index (χ4n) is 3.30. The number of nitro benzene ring substituents is 1. The van der Waals surface area contributed by atoms with Gasteiger partial charge in [0.05, 0.1) is 21.2 Å². The number of carbonyl (C=O) groups excluding carboxylic acids is 1. The maximum atomic E-state index is 13.5. The van der Waals surface area contributed by atoms with Crippen molar-refractivity contribution in [1.82, 2.24) is 9.78 Å². The summed E-state index contributed by atoms with van der Waals surface area (Å²) in [6, 6.07) is 21.4. The van der Waals surface area contributed by atoms with E-state index < -0.39 is 26.4 Å². The first-order valence-electron chi connectivity index (χ1n) is 9.71. The number of sulfone groups is 1. The third-order valence-electron chi connectivity index (χ3n) is 4.80. The molecule has 0 saturated carbocycles. The summed E-state index contributed by atoms with van der Waals surface area (Å²) in [4.78, 5) is 23.3. The standard InChI is InChI=1S/C23H17N3O6S/c1-16-21(33(30,31)18-12-6-3-7-13-18)22(25(24-16)17-10-4-2-5-11-17)32-23(27)19-14-8-9-15-20(19)26(28)29/h2-15H,1H3. The van der Waals surface area contributed by atoms with Gasteiger partial charge in [-0.2, -0.15) is 9.78 Å². The highest BCUT2D eigenvalue weighted by Gasteiger charge is 2.33. The molecule has 0 radical (unpaired) electrons. The van der Waals surface area contributed by atoms with E-state index in [1.54, 1.807) is 48.5 Å². The molecule has 0 N–H and O–H groups in total. The van der Waals surface area contributed by atoms with Gasteiger partial charge in [0.25, 0.3) is 5.69 Å². The van der Waals surface area contributed by atoms with Crippen LogP contribution in [-0.4, -0.2) is 29.1 Å². The molecule has 0 unspecified atom stereocenters. The molecule has 33 heavy (non-hydrogen) atoms. The molecule has 0 atom stereocenters. The summed E-state index contributed by atoms with van der Waals surface area (Å²) < 4.78 is 33.6. The van der Waals surface area contributed by atoms with Crippen molar-refractivity contribution in [2.45, 2.75) is 16.7 Å². The van der Waals surface area contributed by atoms with Crippen molar-refractivity contribution < 1.29 is 22.9 Å². The number of carbonyl (C=O) groups is 1. The molecule has 1 aromatic heterocycles. The third kappa shape index (κ3) is 4.11. The average molecular weight is 463 g/mol. The van der Waals surface area contributed by atoms with Crippen LogP contribution in [0.2, 0.25) is 0 Å². The predicted molar refractivity (Wildman–Crippen MR) is 118 cm³/mol. The van der Waals surface area contributed by atoms with Gasteiger partial charge in [0.2, 0.25) is 15.7 Å². The Hall–Kier alpha value is -4.31. The minimum absolute atomic E-state index is 0.0105. The number of rotatable bonds is 6. The van der Waals surface area contributed by atoms with Gasteiger partial charge < -0.3 is 4.74 Å². The first-order valence-corrected chi connectivity index (χ1v) is 11.2. The van der Waals surface area contributed by atoms with Gasteiger partial charge in [-0.15, -0.1) is 0 Å². The van der Waals surface area contributed by atoms with Crippen molar-refractivity contribution in [2.75, 3.05) is 0 Å². The van der Waals surface area contributed by atoms with Gasteiger partial charge in [-0.1, -0.05) is 48.5 Å². The summed E-state index contributed by atoms with van der Waals surface area (Å²) in [5, 5.41) is 15.7. The fourth-order valence-corrected chi connectivity index (χ4v) is 4.84. The third-order valence-corrected chi connectivity index (χ3v) is 6.70. The first-order chi connectivity index (χ1) is 15.8. The van der Waals surface area contributed by atoms with Gasteiger partial charge in [-0.3, -0.25) is 10.1 Å². The Labute approximate surface area is 188 Å². The Morgan fingerprint density at radius 2 is 1.52 bits per heavy atom. The Morgan fingerprint density at radius 1 is 0.939 bits per heavy atom. The second kappa shape index (κ2) is 8.67. The molecule has 0 aliphatic carbocycles. The van der Waals surface area contributed by atoms with Crippen LogP contribution in [0, 0.1) is 17.0 Å². The second-order valence-electron chi connectivity index (χ2n) is 6.95. The van der Waals surface area contributed by atoms with Gasteiger partial charge in [0, 0.05) is 6.07 Å². The number of benzene rings is 3. The number of aromatic nitrogens is 2. The molecule has 0 amide bonds. The van der Waals surface area contributed by atoms with Crippen molar-refractivity contribution in [3.8, 4) is 11.6 Å². The normalized spacial score (nSPS) is 11.2. The maximum Gasteiger partial charge on any atom is 0.351 e. The first kappa shape index (κ1) is 21.9. The monoisotopic (exact) mass is 463 g/mol. The molecule has 3 aromatic carbocycles. The topological polar surface area (TPSA) is 121 Å². The molecule has 166 valence electrons. The van der Waals surface area contributed by atoms with Crippen LogP contribution in [0.4, 0.5) is 5.69 Å². The van der Waals surface area contributed by atoms with Crippen molar-refractivity contribution in [1.29, 1.82) is 0 Å². The van der Waals surface area contributed by atoms with E-state index in [4.69, 9.17) is 4.74 Å². The van der Waals surface area contributed by atoms with E-state index in [1.165, 1.54) is 41.9 Å². The van der Waals surface area contributed by atoms with Crippen molar-refractivity contribution in [3.05, 3.63) is 106 Å². The number of nitro groups is 1. The Kier molecular flexibility index (Phi) is 5.76. The predicted octanol–water partition coefficient (Wildman–Crippen LogP) is 4.14. The molecular formula is C23H17N3O6S. The van der Waals surface area contributed by atoms with Crippen LogP contribution < -0.4 is 4.74 Å². The number of esters is 1. The molecule has 0 aliphatic heterocycles. The van der Waals surface area contributed by atoms with Gasteiger partial charge in [-0.05, 0) is 37.3 Å². The molecule has 1 heterocycles. The Balaban J connectivity index is 1.91. The maximum absolute atomic E-state index is 13.5. The molecule has 0 spiro atoms. The van der Waals surface area contributed by atoms with Gasteiger partial charge in [-0.25, -0.2) is 13.2 Å². The van der Waals surface area contributed by atoms with E-state index in [0.29, 0.717) is 5.69 Å². The van der Waals surface area contributed by atoms with Crippen LogP contribution in [0.15, 0.2) is 94.7 Å². The number of aryl methyl sites for hydroxylation is 1. The lowest BCUT2D eigenvalue weighted by atomic mass is 10.2. The van der Waals surface area contributed by atoms with Crippen LogP contribution in [0.5, 0.6) is 5.88 Å². The van der Waals surface area contributed by atoms with E-state index in [-0.39, 0.29) is 26.9 Å². The van der Waals surface area contributed by atoms with Gasteiger partial charge in [0.15, 0.2) is 4.90 Å². The molecule has 4 aromatic rings. The molecular weight excluding hydrogens is 446 g/mol. The Morgan fingerprint density at radius 3 is 2.15 bits per heavy atom. The summed E-state index contributed by atoms with van der Waals surface area (Å²) in [5.74, 6) is -1.44. The van der Waals surface area contributed by atoms with Gasteiger partial charge in [0.1, 0.15) is 5.56 Å². The largest absolute Gasteiger partial charge is 0.402 e. The summed E-state index contributed by atoms with van der Waals surface area (Å²) in [6.45, 7) is 1.48. The summed E-state index contributed by atoms with van der Waals surface area (Å²) in [7, 11) is -4.14. The molecule has 9 nitrogen and oxygen atoms in total. The molecule has 0 fully saturated rings. The average Bonchev–Trinajstić information content (AvgIpc) is 3.16. The van der Waals surface area contributed by atoms with Crippen molar-refractivity contribution >= 4 is 21.5 Å². The number of hydrogen-bond donors (Lipinski definition) is 0. The van der Waals surface area contributed by atoms with E-state index in [2.05, 4.69) is 5.10 Å². The van der Waals surface area contributed by atoms with E-state index >= 15 is 0 Å². The van der Waals surface area contributed by atoms with Crippen LogP contribution in [0.1, 0.15) is 16.1 Å². The molecule has 4 rings (SSSR count). The van der Waals surface area contributed by atoms with Crippen LogP contribution in [0.25, 0.3) is 5.69 Å². The van der Waals surface area contributed by atoms with Crippen LogP contribution >= 0.6 is 0 Å². The highest BCUT2D eigenvalue weighted by molar-refractivity contribution is 7.91. The van der Waals surface area contributed by atoms with E-state index in [1.807, 2.05) is 0 Å². The summed E-state index contributed by atoms with van der Waals surface area (Å²) in [6.07, 6.45) is 0. The lowest BCUT2D eigenvalue weighted by molar-refractivity contribution is -0.385. The zero-order chi connectivity index (χ0) is 23.6. The minimum Gasteiger partial charge on any atom is -0.402 e. The lowest BCUT2D eigenvalue weighted by Gasteiger charge is -2.11. The van der Waals surface area contributed by atoms with Crippen molar-refractivity contribution in [3.63, 3.8) is 0 Å². The Bertz CT molecular complexity index is 1450. The zero-order valence-electron chi connectivity index (χ0n) is 17.3. The van der Waals surface area contributed by atoms with E-state index in [0.717, 1.165) is 6.07 Å². The zero-order valence-corrected chi connectivity index (χ0v) is 18.1. The SMILES string of the molecule is Cc1nn(-c2ccccc2)c(OC(=O)c2ccccc2[N+](=O)[O-])c1S(=O)(=O)c1ccccc1. The quantitative estimate of drug-likeness (QED) is 0.239. The minimum atomic E-state index is -4.14. The van der Waals surface area contributed by atoms with Crippen LogP contribution in [-0.2, 0) is 9.84 Å². The summed E-state index contributed by atoms with van der Waals surface area (Å²) >= 11 is 0. The molecule has 10 heteroatoms. The van der Waals surface area contributed by atoms with E-state index in [9.17, 15) is 23.3 Å². The number of nitrogens with zero attached hydrogens (tertiary/aromatic N) is 3. The van der Waals surface area contributed by atoms with Crippen molar-refractivity contribution in [2.24, 2.45) is 0 Å². The lowest BCUT2D eigenvalue weighted by Crippen LogP contribution is -2.15. The highest BCUT2D eigenvalue weighted by Crippen LogP contribution is 2.35. The fraction of sp³-hybridized carbons (Fsp3) is 0.0435. The second-order valence-corrected chi connectivity index (χ2v) is 8.83.